The van der Waals surface area contributed by atoms with Gasteiger partial charge in [-0.1, -0.05) is 0 Å². The molecule has 1 N–H and O–H groups in total. The van der Waals surface area contributed by atoms with Gasteiger partial charge >= 0.3 is 0 Å². The van der Waals surface area contributed by atoms with Crippen LogP contribution in [0.5, 0.6) is 11.6 Å². The molecule has 0 bridgehead atoms. The maximum Gasteiger partial charge on any atom is 0.272 e. The third-order valence-corrected chi connectivity index (χ3v) is 1.67. The van der Waals surface area contributed by atoms with Gasteiger partial charge in [0.15, 0.2) is 12.4 Å². The fourth-order valence-electron chi connectivity index (χ4n) is 1.08. The van der Waals surface area contributed by atoms with E-state index in [-0.39, 0.29) is 11.6 Å². The van der Waals surface area contributed by atoms with E-state index in [2.05, 4.69) is 15.3 Å². The van der Waals surface area contributed by atoms with Gasteiger partial charge in [0.05, 0.1) is 7.11 Å². The SMILES string of the molecule is CCNc1ncnc(OCC(F)F)c1OC. The number of anilines is 1. The van der Waals surface area contributed by atoms with E-state index in [1.165, 1.54) is 13.4 Å². The van der Waals surface area contributed by atoms with Crippen molar-refractivity contribution in [2.75, 3.05) is 25.6 Å². The van der Waals surface area contributed by atoms with Crippen LogP contribution in [0, 0.1) is 0 Å². The third-order valence-electron chi connectivity index (χ3n) is 1.67. The molecular formula is C9H13F2N3O2. The Bertz CT molecular complexity index is 337. The molecule has 0 aliphatic carbocycles. The van der Waals surface area contributed by atoms with E-state index in [0.717, 1.165) is 0 Å². The zero-order valence-corrected chi connectivity index (χ0v) is 9.04. The highest BCUT2D eigenvalue weighted by molar-refractivity contribution is 5.54. The topological polar surface area (TPSA) is 56.3 Å². The predicted molar refractivity (Wildman–Crippen MR) is 54.2 cm³/mol. The molecular weight excluding hydrogens is 220 g/mol. The van der Waals surface area contributed by atoms with Gasteiger partial charge in [-0.25, -0.2) is 13.8 Å². The summed E-state index contributed by atoms with van der Waals surface area (Å²) in [6.07, 6.45) is -1.33. The van der Waals surface area contributed by atoms with Gasteiger partial charge in [-0.05, 0) is 6.92 Å². The number of nitrogens with zero attached hydrogens (tertiary/aromatic N) is 2. The van der Waals surface area contributed by atoms with Gasteiger partial charge in [-0.15, -0.1) is 0 Å². The minimum absolute atomic E-state index is 0.00810. The molecule has 5 nitrogen and oxygen atoms in total. The van der Waals surface area contributed by atoms with Gasteiger partial charge in [0.1, 0.15) is 6.33 Å². The first kappa shape index (κ1) is 12.4. The Morgan fingerprint density at radius 1 is 1.44 bits per heavy atom. The lowest BCUT2D eigenvalue weighted by molar-refractivity contribution is 0.0779. The number of hydrogen-bond donors (Lipinski definition) is 1. The van der Waals surface area contributed by atoms with Crippen LogP contribution in [0.3, 0.4) is 0 Å². The molecule has 7 heteroatoms. The van der Waals surface area contributed by atoms with Crippen molar-refractivity contribution >= 4 is 5.82 Å². The molecule has 1 aromatic rings. The van der Waals surface area contributed by atoms with Gasteiger partial charge in [-0.3, -0.25) is 0 Å². The quantitative estimate of drug-likeness (QED) is 0.808. The van der Waals surface area contributed by atoms with Crippen LogP contribution in [-0.4, -0.2) is 36.7 Å². The predicted octanol–water partition coefficient (Wildman–Crippen LogP) is 1.56. The van der Waals surface area contributed by atoms with Crippen LogP contribution >= 0.6 is 0 Å². The summed E-state index contributed by atoms with van der Waals surface area (Å²) in [5.74, 6) is 0.656. The van der Waals surface area contributed by atoms with Crippen LogP contribution in [-0.2, 0) is 0 Å². The Balaban J connectivity index is 2.85. The number of halogens is 2. The van der Waals surface area contributed by atoms with Crippen molar-refractivity contribution in [3.63, 3.8) is 0 Å². The van der Waals surface area contributed by atoms with Crippen LogP contribution in [0.1, 0.15) is 6.92 Å². The van der Waals surface area contributed by atoms with Gasteiger partial charge < -0.3 is 14.8 Å². The van der Waals surface area contributed by atoms with Gasteiger partial charge in [0, 0.05) is 6.54 Å². The molecule has 0 radical (unpaired) electrons. The monoisotopic (exact) mass is 233 g/mol. The molecule has 0 aromatic carbocycles. The molecule has 0 fully saturated rings. The Hall–Kier alpha value is -1.66. The lowest BCUT2D eigenvalue weighted by Crippen LogP contribution is -2.10. The van der Waals surface area contributed by atoms with Crippen LogP contribution < -0.4 is 14.8 Å². The number of methoxy groups -OCH3 is 1. The van der Waals surface area contributed by atoms with Crippen LogP contribution in [0.15, 0.2) is 6.33 Å². The number of alkyl halides is 2. The standard InChI is InChI=1S/C9H13F2N3O2/c1-3-12-8-7(15-2)9(14-5-13-8)16-4-6(10)11/h5-6H,3-4H2,1-2H3,(H,12,13,14). The molecule has 0 amide bonds. The zero-order valence-electron chi connectivity index (χ0n) is 9.04. The second kappa shape index (κ2) is 6.04. The highest BCUT2D eigenvalue weighted by Crippen LogP contribution is 2.30. The van der Waals surface area contributed by atoms with Crippen molar-refractivity contribution in [2.45, 2.75) is 13.3 Å². The molecule has 1 rings (SSSR count). The minimum Gasteiger partial charge on any atom is -0.489 e. The number of hydrogen-bond acceptors (Lipinski definition) is 5. The van der Waals surface area contributed by atoms with Crippen molar-refractivity contribution in [3.05, 3.63) is 6.33 Å². The summed E-state index contributed by atoms with van der Waals surface area (Å²) in [5.41, 5.74) is 0. The largest absolute Gasteiger partial charge is 0.489 e. The van der Waals surface area contributed by atoms with Gasteiger partial charge in [0.25, 0.3) is 12.3 Å². The summed E-state index contributed by atoms with van der Waals surface area (Å²) in [7, 11) is 1.40. The fourth-order valence-corrected chi connectivity index (χ4v) is 1.08. The second-order valence-electron chi connectivity index (χ2n) is 2.79. The van der Waals surface area contributed by atoms with Crippen LogP contribution in [0.4, 0.5) is 14.6 Å². The molecule has 0 spiro atoms. The van der Waals surface area contributed by atoms with E-state index >= 15 is 0 Å². The molecule has 0 unspecified atom stereocenters. The summed E-state index contributed by atoms with van der Waals surface area (Å²) in [4.78, 5) is 7.65. The van der Waals surface area contributed by atoms with Gasteiger partial charge in [-0.2, -0.15) is 4.98 Å². The molecule has 16 heavy (non-hydrogen) atoms. The van der Waals surface area contributed by atoms with Gasteiger partial charge in [0.2, 0.25) is 5.75 Å². The third kappa shape index (κ3) is 3.18. The maximum atomic E-state index is 12.0. The Labute approximate surface area is 91.8 Å². The lowest BCUT2D eigenvalue weighted by atomic mass is 10.5. The lowest BCUT2D eigenvalue weighted by Gasteiger charge is -2.12. The summed E-state index contributed by atoms with van der Waals surface area (Å²) < 4.78 is 33.8. The summed E-state index contributed by atoms with van der Waals surface area (Å²) in [6, 6.07) is 0. The van der Waals surface area contributed by atoms with Crippen molar-refractivity contribution < 1.29 is 18.3 Å². The minimum atomic E-state index is -2.55. The normalized spacial score (nSPS) is 10.3. The molecule has 1 heterocycles. The van der Waals surface area contributed by atoms with Crippen molar-refractivity contribution in [1.29, 1.82) is 0 Å². The van der Waals surface area contributed by atoms with Crippen molar-refractivity contribution in [1.82, 2.24) is 9.97 Å². The smallest absolute Gasteiger partial charge is 0.272 e. The number of ether oxygens (including phenoxy) is 2. The van der Waals surface area contributed by atoms with Crippen molar-refractivity contribution in [2.24, 2.45) is 0 Å². The summed E-state index contributed by atoms with van der Waals surface area (Å²) >= 11 is 0. The van der Waals surface area contributed by atoms with E-state index in [1.807, 2.05) is 6.92 Å². The molecule has 0 saturated heterocycles. The average Bonchev–Trinajstić information content (AvgIpc) is 2.27. The first-order valence-corrected chi connectivity index (χ1v) is 4.72. The summed E-state index contributed by atoms with van der Waals surface area (Å²) in [6.45, 7) is 1.78. The number of nitrogens with one attached hydrogen (secondary N) is 1. The van der Waals surface area contributed by atoms with E-state index in [4.69, 9.17) is 9.47 Å². The Morgan fingerprint density at radius 2 is 2.19 bits per heavy atom. The van der Waals surface area contributed by atoms with E-state index in [9.17, 15) is 8.78 Å². The molecule has 1 aromatic heterocycles. The number of aromatic nitrogens is 2. The molecule has 0 saturated carbocycles. The Kier molecular flexibility index (Phi) is 4.68. The van der Waals surface area contributed by atoms with E-state index in [1.54, 1.807) is 0 Å². The first-order valence-electron chi connectivity index (χ1n) is 4.72. The van der Waals surface area contributed by atoms with E-state index < -0.39 is 13.0 Å². The molecule has 0 aliphatic rings. The molecule has 90 valence electrons. The average molecular weight is 233 g/mol. The fraction of sp³-hybridized carbons (Fsp3) is 0.556. The molecule has 0 atom stereocenters. The van der Waals surface area contributed by atoms with E-state index in [0.29, 0.717) is 12.4 Å². The van der Waals surface area contributed by atoms with Crippen LogP contribution in [0.25, 0.3) is 0 Å². The zero-order chi connectivity index (χ0) is 12.0. The number of rotatable bonds is 6. The maximum absolute atomic E-state index is 12.0. The molecule has 0 aliphatic heterocycles. The summed E-state index contributed by atoms with van der Waals surface area (Å²) in [5, 5.41) is 2.91. The van der Waals surface area contributed by atoms with Crippen LogP contribution in [0.2, 0.25) is 0 Å². The highest BCUT2D eigenvalue weighted by Gasteiger charge is 2.14. The Morgan fingerprint density at radius 3 is 2.75 bits per heavy atom. The first-order chi connectivity index (χ1) is 7.69. The second-order valence-corrected chi connectivity index (χ2v) is 2.79. The highest BCUT2D eigenvalue weighted by atomic mass is 19.3. The van der Waals surface area contributed by atoms with Crippen molar-refractivity contribution in [3.8, 4) is 11.6 Å².